The third-order valence-corrected chi connectivity index (χ3v) is 4.46. The minimum Gasteiger partial charge on any atom is -0.465 e. The largest absolute Gasteiger partial charge is 0.465 e. The number of fused-ring (bicyclic) bond motifs is 1. The third kappa shape index (κ3) is 3.39. The number of nitrogens with one attached hydrogen (secondary N) is 1. The Morgan fingerprint density at radius 1 is 1.14 bits per heavy atom. The second-order valence-electron chi connectivity index (χ2n) is 6.08. The van der Waals surface area contributed by atoms with E-state index in [-0.39, 0.29) is 5.97 Å². The molecule has 0 atom stereocenters. The summed E-state index contributed by atoms with van der Waals surface area (Å²) in [5.74, 6) is 0.0552. The second kappa shape index (κ2) is 7.28. The van der Waals surface area contributed by atoms with E-state index in [1.807, 2.05) is 29.7 Å². The molecule has 0 saturated heterocycles. The van der Waals surface area contributed by atoms with Crippen LogP contribution < -0.4 is 5.32 Å². The van der Waals surface area contributed by atoms with E-state index in [0.717, 1.165) is 28.4 Å². The summed E-state index contributed by atoms with van der Waals surface area (Å²) < 4.78 is 6.65. The Kier molecular flexibility index (Phi) is 4.67. The zero-order valence-electron chi connectivity index (χ0n) is 15.2. The van der Waals surface area contributed by atoms with Gasteiger partial charge in [0.15, 0.2) is 0 Å². The van der Waals surface area contributed by atoms with Crippen LogP contribution >= 0.6 is 11.6 Å². The van der Waals surface area contributed by atoms with Gasteiger partial charge in [0.2, 0.25) is 5.95 Å². The van der Waals surface area contributed by atoms with Gasteiger partial charge in [0.05, 0.1) is 29.8 Å². The van der Waals surface area contributed by atoms with Crippen LogP contribution in [-0.4, -0.2) is 32.4 Å². The van der Waals surface area contributed by atoms with Crippen molar-refractivity contribution in [2.45, 2.75) is 6.92 Å². The van der Waals surface area contributed by atoms with Crippen LogP contribution in [0.15, 0.2) is 54.9 Å². The Bertz CT molecular complexity index is 1170. The highest BCUT2D eigenvalue weighted by molar-refractivity contribution is 6.30. The number of methoxy groups -OCH3 is 1. The predicted octanol–water partition coefficient (Wildman–Crippen LogP) is 4.28. The fourth-order valence-corrected chi connectivity index (χ4v) is 3.09. The van der Waals surface area contributed by atoms with E-state index in [9.17, 15) is 4.79 Å². The third-order valence-electron chi connectivity index (χ3n) is 4.22. The summed E-state index contributed by atoms with van der Waals surface area (Å²) in [5.41, 5.74) is 4.43. The van der Waals surface area contributed by atoms with Gasteiger partial charge in [-0.15, -0.1) is 0 Å². The number of carbonyl (C=O) groups excluding carboxylic acids is 1. The lowest BCUT2D eigenvalue weighted by atomic mass is 10.2. The first-order valence-corrected chi connectivity index (χ1v) is 8.86. The molecule has 4 rings (SSSR count). The second-order valence-corrected chi connectivity index (χ2v) is 6.51. The maximum atomic E-state index is 11.5. The number of carbonyl (C=O) groups is 1. The lowest BCUT2D eigenvalue weighted by Crippen LogP contribution is -2.02. The molecule has 3 aromatic heterocycles. The van der Waals surface area contributed by atoms with Gasteiger partial charge in [-0.3, -0.25) is 4.40 Å². The standard InChI is InChI=1S/C20H16ClN5O2/c1-12-18(26-10-8-14(21)11-17(26)23-12)16-7-9-22-20(25-16)24-15-5-3-13(4-6-15)19(27)28-2/h3-11H,1-2H3,(H,22,24,25). The summed E-state index contributed by atoms with van der Waals surface area (Å²) in [5, 5.41) is 3.77. The normalized spacial score (nSPS) is 10.8. The Morgan fingerprint density at radius 2 is 1.93 bits per heavy atom. The molecule has 1 N–H and O–H groups in total. The monoisotopic (exact) mass is 393 g/mol. The van der Waals surface area contributed by atoms with E-state index in [0.29, 0.717) is 16.5 Å². The van der Waals surface area contributed by atoms with Crippen LogP contribution in [0.2, 0.25) is 5.02 Å². The van der Waals surface area contributed by atoms with E-state index in [2.05, 4.69) is 20.3 Å². The smallest absolute Gasteiger partial charge is 0.337 e. The first-order valence-electron chi connectivity index (χ1n) is 8.48. The minimum atomic E-state index is -0.381. The maximum Gasteiger partial charge on any atom is 0.337 e. The number of anilines is 2. The molecule has 0 radical (unpaired) electrons. The van der Waals surface area contributed by atoms with Gasteiger partial charge >= 0.3 is 5.97 Å². The molecule has 0 aliphatic carbocycles. The SMILES string of the molecule is COC(=O)c1ccc(Nc2nccc(-c3c(C)nc4cc(Cl)ccn34)n2)cc1. The van der Waals surface area contributed by atoms with E-state index >= 15 is 0 Å². The number of rotatable bonds is 4. The van der Waals surface area contributed by atoms with Crippen LogP contribution in [0, 0.1) is 6.92 Å². The minimum absolute atomic E-state index is 0.381. The number of hydrogen-bond acceptors (Lipinski definition) is 6. The molecule has 0 amide bonds. The summed E-state index contributed by atoms with van der Waals surface area (Å²) in [6.07, 6.45) is 3.55. The van der Waals surface area contributed by atoms with Crippen molar-refractivity contribution in [3.05, 3.63) is 71.1 Å². The molecule has 0 aliphatic heterocycles. The van der Waals surface area contributed by atoms with E-state index in [1.54, 1.807) is 36.5 Å². The van der Waals surface area contributed by atoms with Crippen LogP contribution in [0.25, 0.3) is 17.0 Å². The van der Waals surface area contributed by atoms with Crippen LogP contribution in [0.5, 0.6) is 0 Å². The molecule has 28 heavy (non-hydrogen) atoms. The number of aryl methyl sites for hydroxylation is 1. The van der Waals surface area contributed by atoms with Crippen molar-refractivity contribution in [1.82, 2.24) is 19.4 Å². The average molecular weight is 394 g/mol. The van der Waals surface area contributed by atoms with Crippen molar-refractivity contribution in [2.24, 2.45) is 0 Å². The maximum absolute atomic E-state index is 11.5. The molecular formula is C20H16ClN5O2. The average Bonchev–Trinajstić information content (AvgIpc) is 3.03. The van der Waals surface area contributed by atoms with Crippen LogP contribution in [0.4, 0.5) is 11.6 Å². The Labute approximate surface area is 166 Å². The molecule has 7 nitrogen and oxygen atoms in total. The van der Waals surface area contributed by atoms with Crippen molar-refractivity contribution in [2.75, 3.05) is 12.4 Å². The molecule has 3 heterocycles. The first-order chi connectivity index (χ1) is 13.5. The fourth-order valence-electron chi connectivity index (χ4n) is 2.93. The van der Waals surface area contributed by atoms with Gasteiger partial charge in [-0.25, -0.2) is 19.7 Å². The van der Waals surface area contributed by atoms with Gasteiger partial charge in [0, 0.05) is 29.2 Å². The van der Waals surface area contributed by atoms with Gasteiger partial charge in [-0.2, -0.15) is 0 Å². The molecule has 1 aromatic carbocycles. The number of aromatic nitrogens is 4. The van der Waals surface area contributed by atoms with Gasteiger partial charge in [0.25, 0.3) is 0 Å². The van der Waals surface area contributed by atoms with Crippen LogP contribution in [-0.2, 0) is 4.74 Å². The zero-order valence-corrected chi connectivity index (χ0v) is 15.9. The first kappa shape index (κ1) is 17.9. The quantitative estimate of drug-likeness (QED) is 0.521. The van der Waals surface area contributed by atoms with Gasteiger partial charge in [-0.05, 0) is 43.3 Å². The lowest BCUT2D eigenvalue weighted by molar-refractivity contribution is 0.0601. The molecule has 4 aromatic rings. The molecule has 140 valence electrons. The van der Waals surface area contributed by atoms with E-state index < -0.39 is 0 Å². The topological polar surface area (TPSA) is 81.4 Å². The van der Waals surface area contributed by atoms with Gasteiger partial charge in [0.1, 0.15) is 5.65 Å². The summed E-state index contributed by atoms with van der Waals surface area (Å²) >= 11 is 6.06. The number of hydrogen-bond donors (Lipinski definition) is 1. The molecule has 0 saturated carbocycles. The highest BCUT2D eigenvalue weighted by Gasteiger charge is 2.13. The Morgan fingerprint density at radius 3 is 2.68 bits per heavy atom. The van der Waals surface area contributed by atoms with Crippen LogP contribution in [0.3, 0.4) is 0 Å². The highest BCUT2D eigenvalue weighted by Crippen LogP contribution is 2.25. The summed E-state index contributed by atoms with van der Waals surface area (Å²) in [7, 11) is 1.35. The highest BCUT2D eigenvalue weighted by atomic mass is 35.5. The van der Waals surface area contributed by atoms with Crippen molar-refractivity contribution in [3.8, 4) is 11.4 Å². The van der Waals surface area contributed by atoms with E-state index in [4.69, 9.17) is 16.3 Å². The molecular weight excluding hydrogens is 378 g/mol. The molecule has 0 spiro atoms. The zero-order chi connectivity index (χ0) is 19.7. The van der Waals surface area contributed by atoms with Gasteiger partial charge < -0.3 is 10.1 Å². The lowest BCUT2D eigenvalue weighted by Gasteiger charge is -2.08. The Balaban J connectivity index is 1.65. The number of benzene rings is 1. The number of ether oxygens (including phenoxy) is 1. The summed E-state index contributed by atoms with van der Waals surface area (Å²) in [4.78, 5) is 25.0. The number of pyridine rings is 1. The molecule has 0 bridgehead atoms. The number of imidazole rings is 1. The van der Waals surface area contributed by atoms with E-state index in [1.165, 1.54) is 7.11 Å². The molecule has 8 heteroatoms. The van der Waals surface area contributed by atoms with Crippen molar-refractivity contribution in [1.29, 1.82) is 0 Å². The van der Waals surface area contributed by atoms with Crippen molar-refractivity contribution < 1.29 is 9.53 Å². The summed E-state index contributed by atoms with van der Waals surface area (Å²) in [6.45, 7) is 1.93. The summed E-state index contributed by atoms with van der Waals surface area (Å²) in [6, 6.07) is 12.3. The molecule has 0 fully saturated rings. The van der Waals surface area contributed by atoms with Crippen molar-refractivity contribution in [3.63, 3.8) is 0 Å². The number of halogens is 1. The number of nitrogens with zero attached hydrogens (tertiary/aromatic N) is 4. The predicted molar refractivity (Wildman–Crippen MR) is 107 cm³/mol. The van der Waals surface area contributed by atoms with Gasteiger partial charge in [-0.1, -0.05) is 11.6 Å². The fraction of sp³-hybridized carbons (Fsp3) is 0.100. The number of esters is 1. The Hall–Kier alpha value is -3.45. The molecule has 0 aliphatic rings. The van der Waals surface area contributed by atoms with Crippen LogP contribution in [0.1, 0.15) is 16.1 Å². The van der Waals surface area contributed by atoms with Crippen molar-refractivity contribution >= 4 is 34.9 Å². The molecule has 0 unspecified atom stereocenters.